The summed E-state index contributed by atoms with van der Waals surface area (Å²) in [7, 11) is 2.84. The number of rotatable bonds is 2. The lowest BCUT2D eigenvalue weighted by Crippen LogP contribution is -1.98. The van der Waals surface area contributed by atoms with Gasteiger partial charge in [0.1, 0.15) is 33.4 Å². The average molecular weight is 328 g/mol. The lowest BCUT2D eigenvalue weighted by Gasteiger charge is -2.04. The molecule has 7 heteroatoms. The summed E-state index contributed by atoms with van der Waals surface area (Å²) in [6.07, 6.45) is 0. The molecule has 7 nitrogen and oxygen atoms in total. The Morgan fingerprint density at radius 3 is 2.38 bits per heavy atom. The van der Waals surface area contributed by atoms with Crippen molar-refractivity contribution in [1.82, 2.24) is 0 Å². The van der Waals surface area contributed by atoms with Crippen LogP contribution in [0.25, 0.3) is 32.9 Å². The molecule has 0 bridgehead atoms. The van der Waals surface area contributed by atoms with Gasteiger partial charge >= 0.3 is 5.63 Å². The molecule has 4 aromatic rings. The fourth-order valence-electron chi connectivity index (χ4n) is 2.81. The molecule has 2 aromatic carbocycles. The monoisotopic (exact) mass is 328 g/mol. The fraction of sp³-hybridized carbons (Fsp3) is 0.118. The molecule has 0 radical (unpaired) electrons. The van der Waals surface area contributed by atoms with E-state index in [9.17, 15) is 15.0 Å². The standard InChI is InChI=1S/C17H12O7/c1-21-7-3-10(19)15-13(4-7)24-17(20)14-8-5-12(22-2)9(18)6-11(8)23-16(14)15/h3-6,18-19H,1-2H3. The van der Waals surface area contributed by atoms with E-state index in [4.69, 9.17) is 18.3 Å². The van der Waals surface area contributed by atoms with Crippen molar-refractivity contribution in [2.75, 3.05) is 14.2 Å². The van der Waals surface area contributed by atoms with Gasteiger partial charge in [-0.25, -0.2) is 4.79 Å². The highest BCUT2D eigenvalue weighted by atomic mass is 16.5. The van der Waals surface area contributed by atoms with Gasteiger partial charge in [0.25, 0.3) is 0 Å². The molecule has 0 aliphatic rings. The maximum Gasteiger partial charge on any atom is 0.348 e. The van der Waals surface area contributed by atoms with Crippen LogP contribution in [0.4, 0.5) is 0 Å². The molecular formula is C17H12O7. The van der Waals surface area contributed by atoms with Crippen LogP contribution in [0, 0.1) is 0 Å². The number of aromatic hydroxyl groups is 2. The van der Waals surface area contributed by atoms with Crippen molar-refractivity contribution in [3.05, 3.63) is 34.7 Å². The molecule has 0 saturated carbocycles. The van der Waals surface area contributed by atoms with Crippen molar-refractivity contribution in [2.24, 2.45) is 0 Å². The maximum atomic E-state index is 12.4. The minimum Gasteiger partial charge on any atom is -0.507 e. The van der Waals surface area contributed by atoms with Crippen LogP contribution in [0.15, 0.2) is 37.9 Å². The molecule has 0 aliphatic carbocycles. The van der Waals surface area contributed by atoms with E-state index >= 15 is 0 Å². The number of furan rings is 1. The van der Waals surface area contributed by atoms with E-state index in [1.165, 1.54) is 38.5 Å². The molecule has 122 valence electrons. The van der Waals surface area contributed by atoms with Crippen LogP contribution in [-0.4, -0.2) is 24.4 Å². The van der Waals surface area contributed by atoms with Crippen molar-refractivity contribution in [3.8, 4) is 23.0 Å². The SMILES string of the molecule is COc1cc(O)c2c(c1)oc(=O)c1c3cc(OC)c(O)cc3oc21. The van der Waals surface area contributed by atoms with Gasteiger partial charge in [0.15, 0.2) is 17.1 Å². The summed E-state index contributed by atoms with van der Waals surface area (Å²) in [6, 6.07) is 5.72. The Morgan fingerprint density at radius 1 is 0.875 bits per heavy atom. The Balaban J connectivity index is 2.24. The third-order valence-electron chi connectivity index (χ3n) is 3.91. The van der Waals surface area contributed by atoms with E-state index in [2.05, 4.69) is 0 Å². The summed E-state index contributed by atoms with van der Waals surface area (Å²) in [5.74, 6) is 0.276. The molecular weight excluding hydrogens is 316 g/mol. The predicted octanol–water partition coefficient (Wildman–Crippen LogP) is 3.12. The van der Waals surface area contributed by atoms with Crippen molar-refractivity contribution >= 4 is 32.9 Å². The number of ether oxygens (including phenoxy) is 2. The lowest BCUT2D eigenvalue weighted by atomic mass is 10.1. The number of fused-ring (bicyclic) bond motifs is 5. The Kier molecular flexibility index (Phi) is 2.86. The van der Waals surface area contributed by atoms with Crippen molar-refractivity contribution in [3.63, 3.8) is 0 Å². The minimum absolute atomic E-state index is 0.122. The Morgan fingerprint density at radius 2 is 1.67 bits per heavy atom. The van der Waals surface area contributed by atoms with Gasteiger partial charge in [0, 0.05) is 23.6 Å². The number of phenols is 2. The van der Waals surface area contributed by atoms with Gasteiger partial charge in [-0.2, -0.15) is 0 Å². The van der Waals surface area contributed by atoms with E-state index in [1.54, 1.807) is 0 Å². The molecule has 24 heavy (non-hydrogen) atoms. The van der Waals surface area contributed by atoms with E-state index in [0.29, 0.717) is 11.1 Å². The first-order valence-electron chi connectivity index (χ1n) is 7.00. The molecule has 2 heterocycles. The van der Waals surface area contributed by atoms with Crippen LogP contribution >= 0.6 is 0 Å². The topological polar surface area (TPSA) is 102 Å². The summed E-state index contributed by atoms with van der Waals surface area (Å²) in [5, 5.41) is 21.0. The summed E-state index contributed by atoms with van der Waals surface area (Å²) < 4.78 is 21.1. The number of phenolic OH excluding ortho intramolecular Hbond substituents is 2. The molecule has 0 unspecified atom stereocenters. The number of methoxy groups -OCH3 is 2. The maximum absolute atomic E-state index is 12.4. The van der Waals surface area contributed by atoms with E-state index in [0.717, 1.165) is 0 Å². The molecule has 0 saturated heterocycles. The van der Waals surface area contributed by atoms with Crippen molar-refractivity contribution in [1.29, 1.82) is 0 Å². The van der Waals surface area contributed by atoms with Crippen LogP contribution in [0.2, 0.25) is 0 Å². The molecule has 0 atom stereocenters. The molecule has 2 N–H and O–H groups in total. The van der Waals surface area contributed by atoms with E-state index < -0.39 is 5.63 Å². The average Bonchev–Trinajstić information content (AvgIpc) is 2.91. The Bertz CT molecular complexity index is 1170. The summed E-state index contributed by atoms with van der Waals surface area (Å²) >= 11 is 0. The quantitative estimate of drug-likeness (QED) is 0.545. The van der Waals surface area contributed by atoms with Gasteiger partial charge in [0.05, 0.1) is 14.2 Å². The molecule has 0 spiro atoms. The molecule has 0 fully saturated rings. The van der Waals surface area contributed by atoms with Crippen LogP contribution in [0.5, 0.6) is 23.0 Å². The van der Waals surface area contributed by atoms with Gasteiger partial charge < -0.3 is 28.5 Å². The first-order chi connectivity index (χ1) is 11.5. The van der Waals surface area contributed by atoms with Crippen LogP contribution in [-0.2, 0) is 0 Å². The number of hydrogen-bond acceptors (Lipinski definition) is 7. The second-order valence-electron chi connectivity index (χ2n) is 5.24. The summed E-state index contributed by atoms with van der Waals surface area (Å²) in [5.41, 5.74) is -0.0430. The van der Waals surface area contributed by atoms with Gasteiger partial charge in [-0.05, 0) is 6.07 Å². The highest BCUT2D eigenvalue weighted by Crippen LogP contribution is 2.41. The third kappa shape index (κ3) is 1.81. The van der Waals surface area contributed by atoms with E-state index in [-0.39, 0.29) is 44.8 Å². The summed E-state index contributed by atoms with van der Waals surface area (Å²) in [6.45, 7) is 0. The first kappa shape index (κ1) is 14.3. The van der Waals surface area contributed by atoms with Crippen LogP contribution in [0.3, 0.4) is 0 Å². The van der Waals surface area contributed by atoms with Gasteiger partial charge in [-0.15, -0.1) is 0 Å². The van der Waals surface area contributed by atoms with Gasteiger partial charge in [0.2, 0.25) is 0 Å². The van der Waals surface area contributed by atoms with Crippen molar-refractivity contribution < 1.29 is 28.5 Å². The number of benzene rings is 2. The third-order valence-corrected chi connectivity index (χ3v) is 3.91. The zero-order valence-electron chi connectivity index (χ0n) is 12.7. The first-order valence-corrected chi connectivity index (χ1v) is 7.00. The molecule has 2 aromatic heterocycles. The Labute approximate surface area is 134 Å². The molecule has 4 rings (SSSR count). The van der Waals surface area contributed by atoms with Gasteiger partial charge in [-0.3, -0.25) is 0 Å². The number of hydrogen-bond donors (Lipinski definition) is 2. The molecule has 0 aliphatic heterocycles. The fourth-order valence-corrected chi connectivity index (χ4v) is 2.81. The zero-order valence-corrected chi connectivity index (χ0v) is 12.7. The van der Waals surface area contributed by atoms with Crippen LogP contribution < -0.4 is 15.1 Å². The van der Waals surface area contributed by atoms with Gasteiger partial charge in [-0.1, -0.05) is 0 Å². The highest BCUT2D eigenvalue weighted by Gasteiger charge is 2.21. The van der Waals surface area contributed by atoms with E-state index in [1.807, 2.05) is 0 Å². The summed E-state index contributed by atoms with van der Waals surface area (Å²) in [4.78, 5) is 12.4. The van der Waals surface area contributed by atoms with Crippen molar-refractivity contribution in [2.45, 2.75) is 0 Å². The lowest BCUT2D eigenvalue weighted by molar-refractivity contribution is 0.374. The Hall–Kier alpha value is -3.35. The predicted molar refractivity (Wildman–Crippen MR) is 86.2 cm³/mol. The van der Waals surface area contributed by atoms with Crippen LogP contribution in [0.1, 0.15) is 0 Å². The normalized spacial score (nSPS) is 11.4. The smallest absolute Gasteiger partial charge is 0.348 e. The zero-order chi connectivity index (χ0) is 17.0. The largest absolute Gasteiger partial charge is 0.507 e. The second kappa shape index (κ2) is 4.82. The molecule has 0 amide bonds. The second-order valence-corrected chi connectivity index (χ2v) is 5.24. The minimum atomic E-state index is -0.628. The highest BCUT2D eigenvalue weighted by molar-refractivity contribution is 6.15.